The molecular formula is C15H16BrNO3S. The third-order valence-corrected chi connectivity index (χ3v) is 4.60. The van der Waals surface area contributed by atoms with E-state index < -0.39 is 0 Å². The van der Waals surface area contributed by atoms with Gasteiger partial charge >= 0.3 is 5.97 Å². The largest absolute Gasteiger partial charge is 0.497 e. The maximum atomic E-state index is 11.7. The summed E-state index contributed by atoms with van der Waals surface area (Å²) in [6.07, 6.45) is 0. The standard InChI is InChI=1S/C15H16BrNO3S/c1-19-11-5-3-10(4-6-11)8-17-9-13-12(15(18)20-2)7-14(16)21-13/h3-7,17H,8-9H2,1-2H3. The summed E-state index contributed by atoms with van der Waals surface area (Å²) in [5, 5.41) is 3.33. The van der Waals surface area contributed by atoms with Crippen LogP contribution in [0.5, 0.6) is 5.75 Å². The van der Waals surface area contributed by atoms with Gasteiger partial charge in [0.1, 0.15) is 5.75 Å². The molecule has 6 heteroatoms. The smallest absolute Gasteiger partial charge is 0.339 e. The van der Waals surface area contributed by atoms with E-state index in [1.165, 1.54) is 18.4 Å². The summed E-state index contributed by atoms with van der Waals surface area (Å²) in [5.41, 5.74) is 1.77. The molecule has 0 aliphatic rings. The first-order chi connectivity index (χ1) is 10.1. The Bertz CT molecular complexity index is 610. The first kappa shape index (κ1) is 16.0. The number of esters is 1. The lowest BCUT2D eigenvalue weighted by atomic mass is 10.2. The lowest BCUT2D eigenvalue weighted by molar-refractivity contribution is 0.0600. The number of hydrogen-bond acceptors (Lipinski definition) is 5. The number of hydrogen-bond donors (Lipinski definition) is 1. The van der Waals surface area contributed by atoms with Crippen LogP contribution in [0.15, 0.2) is 34.1 Å². The van der Waals surface area contributed by atoms with Crippen LogP contribution >= 0.6 is 27.3 Å². The number of carbonyl (C=O) groups is 1. The van der Waals surface area contributed by atoms with Crippen molar-refractivity contribution in [2.45, 2.75) is 13.1 Å². The molecule has 0 radical (unpaired) electrons. The van der Waals surface area contributed by atoms with E-state index in [9.17, 15) is 4.79 Å². The van der Waals surface area contributed by atoms with Gasteiger partial charge in [-0.3, -0.25) is 0 Å². The van der Waals surface area contributed by atoms with Crippen LogP contribution in [0, 0.1) is 0 Å². The van der Waals surface area contributed by atoms with Crippen molar-refractivity contribution in [1.82, 2.24) is 5.32 Å². The molecule has 2 rings (SSSR count). The van der Waals surface area contributed by atoms with Crippen LogP contribution in [-0.4, -0.2) is 20.2 Å². The maximum absolute atomic E-state index is 11.7. The minimum atomic E-state index is -0.307. The zero-order chi connectivity index (χ0) is 15.2. The fraction of sp³-hybridized carbons (Fsp3) is 0.267. The van der Waals surface area contributed by atoms with Crippen LogP contribution in [-0.2, 0) is 17.8 Å². The summed E-state index contributed by atoms with van der Waals surface area (Å²) in [5.74, 6) is 0.534. The van der Waals surface area contributed by atoms with Gasteiger partial charge < -0.3 is 14.8 Å². The Morgan fingerprint density at radius 1 is 1.24 bits per heavy atom. The summed E-state index contributed by atoms with van der Waals surface area (Å²) >= 11 is 4.93. The van der Waals surface area contributed by atoms with Gasteiger partial charge in [0.25, 0.3) is 0 Å². The van der Waals surface area contributed by atoms with E-state index >= 15 is 0 Å². The molecule has 1 aromatic heterocycles. The number of benzene rings is 1. The molecule has 0 aliphatic heterocycles. The molecule has 1 heterocycles. The van der Waals surface area contributed by atoms with Crippen molar-refractivity contribution in [2.24, 2.45) is 0 Å². The SMILES string of the molecule is COC(=O)c1cc(Br)sc1CNCc1ccc(OC)cc1. The molecule has 0 amide bonds. The predicted molar refractivity (Wildman–Crippen MR) is 86.9 cm³/mol. The number of nitrogens with one attached hydrogen (secondary N) is 1. The van der Waals surface area contributed by atoms with E-state index in [2.05, 4.69) is 21.2 Å². The second-order valence-corrected chi connectivity index (χ2v) is 6.85. The van der Waals surface area contributed by atoms with Crippen molar-refractivity contribution < 1.29 is 14.3 Å². The molecule has 21 heavy (non-hydrogen) atoms. The summed E-state index contributed by atoms with van der Waals surface area (Å²) in [6.45, 7) is 1.34. The Balaban J connectivity index is 1.95. The second-order valence-electron chi connectivity index (χ2n) is 4.33. The number of carbonyl (C=O) groups excluding carboxylic acids is 1. The predicted octanol–water partition coefficient (Wildman–Crippen LogP) is 3.60. The molecule has 112 valence electrons. The van der Waals surface area contributed by atoms with E-state index in [0.717, 1.165) is 26.5 Å². The molecule has 1 aromatic carbocycles. The Kier molecular flexibility index (Phi) is 5.78. The molecule has 2 aromatic rings. The average Bonchev–Trinajstić information content (AvgIpc) is 2.88. The average molecular weight is 370 g/mol. The number of methoxy groups -OCH3 is 2. The minimum Gasteiger partial charge on any atom is -0.497 e. The Labute approximate surface area is 136 Å². The molecule has 0 bridgehead atoms. The molecule has 1 N–H and O–H groups in total. The third-order valence-electron chi connectivity index (χ3n) is 2.96. The van der Waals surface area contributed by atoms with Crippen molar-refractivity contribution in [3.05, 3.63) is 50.1 Å². The Hall–Kier alpha value is -1.37. The highest BCUT2D eigenvalue weighted by Crippen LogP contribution is 2.27. The van der Waals surface area contributed by atoms with Gasteiger partial charge in [-0.25, -0.2) is 4.79 Å². The molecule has 0 fully saturated rings. The lowest BCUT2D eigenvalue weighted by Crippen LogP contribution is -2.14. The summed E-state index contributed by atoms with van der Waals surface area (Å²) in [6, 6.07) is 9.67. The van der Waals surface area contributed by atoms with Gasteiger partial charge in [-0.2, -0.15) is 0 Å². The molecule has 0 saturated heterocycles. The van der Waals surface area contributed by atoms with E-state index in [4.69, 9.17) is 9.47 Å². The first-order valence-corrected chi connectivity index (χ1v) is 7.95. The van der Waals surface area contributed by atoms with E-state index in [0.29, 0.717) is 12.1 Å². The monoisotopic (exact) mass is 369 g/mol. The lowest BCUT2D eigenvalue weighted by Gasteiger charge is -2.06. The fourth-order valence-electron chi connectivity index (χ4n) is 1.87. The second kappa shape index (κ2) is 7.59. The van der Waals surface area contributed by atoms with Gasteiger partial charge in [0.15, 0.2) is 0 Å². The maximum Gasteiger partial charge on any atom is 0.339 e. The van der Waals surface area contributed by atoms with Gasteiger partial charge in [0.05, 0.1) is 23.6 Å². The normalized spacial score (nSPS) is 10.4. The molecule has 0 aliphatic carbocycles. The van der Waals surface area contributed by atoms with Crippen molar-refractivity contribution in [3.8, 4) is 5.75 Å². The van der Waals surface area contributed by atoms with Gasteiger partial charge in [-0.15, -0.1) is 11.3 Å². The summed E-state index contributed by atoms with van der Waals surface area (Å²) in [4.78, 5) is 12.6. The Morgan fingerprint density at radius 2 is 1.95 bits per heavy atom. The third kappa shape index (κ3) is 4.30. The van der Waals surface area contributed by atoms with Gasteiger partial charge in [-0.05, 0) is 39.7 Å². The van der Waals surface area contributed by atoms with Crippen LogP contribution in [0.2, 0.25) is 0 Å². The highest BCUT2D eigenvalue weighted by atomic mass is 79.9. The van der Waals surface area contributed by atoms with Crippen molar-refractivity contribution in [2.75, 3.05) is 14.2 Å². The van der Waals surface area contributed by atoms with Gasteiger partial charge in [0.2, 0.25) is 0 Å². The molecule has 4 nitrogen and oxygen atoms in total. The van der Waals surface area contributed by atoms with Crippen molar-refractivity contribution in [3.63, 3.8) is 0 Å². The number of thiophene rings is 1. The first-order valence-electron chi connectivity index (χ1n) is 6.34. The van der Waals surface area contributed by atoms with Gasteiger partial charge in [-0.1, -0.05) is 12.1 Å². The molecule has 0 atom stereocenters. The van der Waals surface area contributed by atoms with Gasteiger partial charge in [0, 0.05) is 18.0 Å². The Morgan fingerprint density at radius 3 is 2.57 bits per heavy atom. The quantitative estimate of drug-likeness (QED) is 0.790. The number of halogens is 1. The zero-order valence-corrected chi connectivity index (χ0v) is 14.2. The molecule has 0 spiro atoms. The zero-order valence-electron chi connectivity index (χ0n) is 11.8. The molecule has 0 saturated carbocycles. The van der Waals surface area contributed by atoms with Crippen LogP contribution in [0.1, 0.15) is 20.8 Å². The fourth-order valence-corrected chi connectivity index (χ4v) is 3.53. The van der Waals surface area contributed by atoms with Crippen LogP contribution in [0.4, 0.5) is 0 Å². The summed E-state index contributed by atoms with van der Waals surface area (Å²) < 4.78 is 10.8. The highest BCUT2D eigenvalue weighted by molar-refractivity contribution is 9.11. The van der Waals surface area contributed by atoms with E-state index in [1.807, 2.05) is 24.3 Å². The van der Waals surface area contributed by atoms with Crippen molar-refractivity contribution >= 4 is 33.2 Å². The van der Waals surface area contributed by atoms with Crippen LogP contribution in [0.3, 0.4) is 0 Å². The van der Waals surface area contributed by atoms with E-state index in [-0.39, 0.29) is 5.97 Å². The minimum absolute atomic E-state index is 0.307. The van der Waals surface area contributed by atoms with Crippen LogP contribution < -0.4 is 10.1 Å². The summed E-state index contributed by atoms with van der Waals surface area (Å²) in [7, 11) is 3.04. The topological polar surface area (TPSA) is 47.6 Å². The number of rotatable bonds is 6. The molecule has 0 unspecified atom stereocenters. The van der Waals surface area contributed by atoms with E-state index in [1.54, 1.807) is 13.2 Å². The number of ether oxygens (including phenoxy) is 2. The highest BCUT2D eigenvalue weighted by Gasteiger charge is 2.15. The molecular weight excluding hydrogens is 354 g/mol. The van der Waals surface area contributed by atoms with Crippen molar-refractivity contribution in [1.29, 1.82) is 0 Å². The van der Waals surface area contributed by atoms with Crippen LogP contribution in [0.25, 0.3) is 0 Å².